The van der Waals surface area contributed by atoms with Gasteiger partial charge in [0.1, 0.15) is 6.61 Å². The van der Waals surface area contributed by atoms with Crippen molar-refractivity contribution >= 4 is 33.5 Å². The first-order valence-corrected chi connectivity index (χ1v) is 6.66. The summed E-state index contributed by atoms with van der Waals surface area (Å²) in [6, 6.07) is 7.11. The van der Waals surface area contributed by atoms with E-state index in [1.165, 1.54) is 6.92 Å². The maximum Gasteiger partial charge on any atom is 0.332 e. The Morgan fingerprint density at radius 2 is 1.95 bits per heavy atom. The minimum atomic E-state index is -0.864. The van der Waals surface area contributed by atoms with Gasteiger partial charge in [-0.05, 0) is 38.1 Å². The number of anilines is 1. The number of rotatable bonds is 6. The van der Waals surface area contributed by atoms with Gasteiger partial charge in [-0.25, -0.2) is 4.79 Å². The van der Waals surface area contributed by atoms with Crippen molar-refractivity contribution in [3.05, 3.63) is 28.7 Å². The highest BCUT2D eigenvalue weighted by Crippen LogP contribution is 2.14. The molecule has 0 aliphatic carbocycles. The number of amides is 1. The van der Waals surface area contributed by atoms with Crippen LogP contribution in [0.3, 0.4) is 0 Å². The van der Waals surface area contributed by atoms with Gasteiger partial charge in [0.15, 0.2) is 6.10 Å². The van der Waals surface area contributed by atoms with Crippen LogP contribution in [0.4, 0.5) is 5.69 Å². The first-order chi connectivity index (χ1) is 9.02. The molecule has 0 radical (unpaired) electrons. The molecule has 0 unspecified atom stereocenters. The molecular formula is C13H16BrNO4. The van der Waals surface area contributed by atoms with E-state index in [1.807, 2.05) is 0 Å². The fourth-order valence-corrected chi connectivity index (χ4v) is 1.51. The van der Waals surface area contributed by atoms with E-state index in [9.17, 15) is 9.59 Å². The molecule has 0 heterocycles. The van der Waals surface area contributed by atoms with Crippen molar-refractivity contribution in [1.82, 2.24) is 0 Å². The molecule has 0 aliphatic rings. The molecule has 1 amide bonds. The zero-order valence-electron chi connectivity index (χ0n) is 10.8. The molecule has 0 bridgehead atoms. The van der Waals surface area contributed by atoms with Crippen molar-refractivity contribution in [2.24, 2.45) is 0 Å². The topological polar surface area (TPSA) is 64.6 Å². The van der Waals surface area contributed by atoms with Gasteiger partial charge in [-0.2, -0.15) is 0 Å². The summed E-state index contributed by atoms with van der Waals surface area (Å²) in [5.41, 5.74) is 0.640. The summed E-state index contributed by atoms with van der Waals surface area (Å²) in [5, 5.41) is 2.65. The Kier molecular flexibility index (Phi) is 6.52. The van der Waals surface area contributed by atoms with Crippen LogP contribution in [0.25, 0.3) is 0 Å². The maximum absolute atomic E-state index is 11.8. The maximum atomic E-state index is 11.8. The standard InChI is InChI=1S/C13H16BrNO4/c1-3-18-8-12(16)19-9(2)13(17)15-11-6-4-10(14)5-7-11/h4-7,9H,3,8H2,1-2H3,(H,15,17)/t9-/m1/s1. The minimum Gasteiger partial charge on any atom is -0.451 e. The van der Waals surface area contributed by atoms with Gasteiger partial charge < -0.3 is 14.8 Å². The number of nitrogens with one attached hydrogen (secondary N) is 1. The lowest BCUT2D eigenvalue weighted by Gasteiger charge is -2.13. The van der Waals surface area contributed by atoms with Gasteiger partial charge in [-0.15, -0.1) is 0 Å². The highest BCUT2D eigenvalue weighted by Gasteiger charge is 2.17. The van der Waals surface area contributed by atoms with E-state index in [1.54, 1.807) is 31.2 Å². The Labute approximate surface area is 120 Å². The molecule has 1 aromatic carbocycles. The van der Waals surface area contributed by atoms with E-state index < -0.39 is 12.1 Å². The number of ether oxygens (including phenoxy) is 2. The second-order valence-electron chi connectivity index (χ2n) is 3.77. The van der Waals surface area contributed by atoms with Crippen LogP contribution in [0.1, 0.15) is 13.8 Å². The van der Waals surface area contributed by atoms with Crippen LogP contribution in [0.2, 0.25) is 0 Å². The van der Waals surface area contributed by atoms with Gasteiger partial charge in [-0.1, -0.05) is 15.9 Å². The quantitative estimate of drug-likeness (QED) is 0.813. The Balaban J connectivity index is 2.44. The predicted molar refractivity (Wildman–Crippen MR) is 74.8 cm³/mol. The second-order valence-corrected chi connectivity index (χ2v) is 4.68. The predicted octanol–water partition coefficient (Wildman–Crippen LogP) is 2.36. The molecule has 6 heteroatoms. The van der Waals surface area contributed by atoms with Gasteiger partial charge >= 0.3 is 5.97 Å². The average Bonchev–Trinajstić information content (AvgIpc) is 2.39. The third-order valence-electron chi connectivity index (χ3n) is 2.21. The number of esters is 1. The summed E-state index contributed by atoms with van der Waals surface area (Å²) >= 11 is 3.30. The van der Waals surface area contributed by atoms with Crippen molar-refractivity contribution < 1.29 is 19.1 Å². The highest BCUT2D eigenvalue weighted by molar-refractivity contribution is 9.10. The largest absolute Gasteiger partial charge is 0.451 e. The van der Waals surface area contributed by atoms with Gasteiger partial charge in [0.2, 0.25) is 0 Å². The third-order valence-corrected chi connectivity index (χ3v) is 2.74. The first kappa shape index (κ1) is 15.7. The molecule has 0 spiro atoms. The van der Waals surface area contributed by atoms with Crippen LogP contribution in [-0.4, -0.2) is 31.2 Å². The smallest absolute Gasteiger partial charge is 0.332 e. The summed E-state index contributed by atoms with van der Waals surface area (Å²) in [5.74, 6) is -0.938. The van der Waals surface area contributed by atoms with Crippen molar-refractivity contribution in [2.75, 3.05) is 18.5 Å². The first-order valence-electron chi connectivity index (χ1n) is 5.86. The van der Waals surface area contributed by atoms with Gasteiger partial charge in [-0.3, -0.25) is 4.79 Å². The van der Waals surface area contributed by atoms with Crippen LogP contribution in [-0.2, 0) is 19.1 Å². The number of hydrogen-bond acceptors (Lipinski definition) is 4. The zero-order chi connectivity index (χ0) is 14.3. The molecule has 104 valence electrons. The fraction of sp³-hybridized carbons (Fsp3) is 0.385. The lowest BCUT2D eigenvalue weighted by Crippen LogP contribution is -2.31. The number of hydrogen-bond donors (Lipinski definition) is 1. The number of carbonyl (C=O) groups excluding carboxylic acids is 2. The molecule has 0 fully saturated rings. The summed E-state index contributed by atoms with van der Waals surface area (Å²) in [6.45, 7) is 3.57. The molecule has 1 N–H and O–H groups in total. The van der Waals surface area contributed by atoms with E-state index in [0.29, 0.717) is 12.3 Å². The lowest BCUT2D eigenvalue weighted by atomic mass is 10.3. The molecule has 5 nitrogen and oxygen atoms in total. The summed E-state index contributed by atoms with van der Waals surface area (Å²) in [4.78, 5) is 23.0. The van der Waals surface area contributed by atoms with Crippen LogP contribution in [0.5, 0.6) is 0 Å². The molecule has 1 rings (SSSR count). The molecule has 1 aromatic rings. The summed E-state index contributed by atoms with van der Waals surface area (Å²) in [6.07, 6.45) is -0.864. The summed E-state index contributed by atoms with van der Waals surface area (Å²) in [7, 11) is 0. The van der Waals surface area contributed by atoms with Gasteiger partial charge in [0.25, 0.3) is 5.91 Å². The normalized spacial score (nSPS) is 11.7. The summed E-state index contributed by atoms with van der Waals surface area (Å²) < 4.78 is 10.7. The van der Waals surface area contributed by atoms with Gasteiger partial charge in [0, 0.05) is 16.8 Å². The van der Waals surface area contributed by atoms with E-state index >= 15 is 0 Å². The molecule has 0 saturated carbocycles. The number of carbonyl (C=O) groups is 2. The van der Waals surface area contributed by atoms with Crippen molar-refractivity contribution in [3.8, 4) is 0 Å². The van der Waals surface area contributed by atoms with Crippen LogP contribution in [0.15, 0.2) is 28.7 Å². The van der Waals surface area contributed by atoms with Crippen molar-refractivity contribution in [2.45, 2.75) is 20.0 Å². The van der Waals surface area contributed by atoms with E-state index in [-0.39, 0.29) is 12.5 Å². The van der Waals surface area contributed by atoms with Crippen LogP contribution in [0, 0.1) is 0 Å². The average molecular weight is 330 g/mol. The Morgan fingerprint density at radius 1 is 1.32 bits per heavy atom. The molecule has 0 saturated heterocycles. The van der Waals surface area contributed by atoms with Crippen LogP contribution < -0.4 is 5.32 Å². The molecule has 19 heavy (non-hydrogen) atoms. The third kappa shape index (κ3) is 5.85. The van der Waals surface area contributed by atoms with E-state index in [0.717, 1.165) is 4.47 Å². The monoisotopic (exact) mass is 329 g/mol. The Hall–Kier alpha value is -1.40. The van der Waals surface area contributed by atoms with Crippen molar-refractivity contribution in [1.29, 1.82) is 0 Å². The Bertz CT molecular complexity index is 433. The van der Waals surface area contributed by atoms with Crippen molar-refractivity contribution in [3.63, 3.8) is 0 Å². The minimum absolute atomic E-state index is 0.146. The lowest BCUT2D eigenvalue weighted by molar-refractivity contribution is -0.157. The molecule has 0 aromatic heterocycles. The van der Waals surface area contributed by atoms with E-state index in [2.05, 4.69) is 21.2 Å². The fourth-order valence-electron chi connectivity index (χ4n) is 1.25. The second kappa shape index (κ2) is 7.91. The van der Waals surface area contributed by atoms with E-state index in [4.69, 9.17) is 9.47 Å². The molecule has 1 atom stereocenters. The SMILES string of the molecule is CCOCC(=O)O[C@H](C)C(=O)Nc1ccc(Br)cc1. The molecule has 0 aliphatic heterocycles. The zero-order valence-corrected chi connectivity index (χ0v) is 12.4. The number of halogens is 1. The molecular weight excluding hydrogens is 314 g/mol. The van der Waals surface area contributed by atoms with Crippen LogP contribution >= 0.6 is 15.9 Å². The Morgan fingerprint density at radius 3 is 2.53 bits per heavy atom. The number of benzene rings is 1. The van der Waals surface area contributed by atoms with Gasteiger partial charge in [0.05, 0.1) is 0 Å². The highest BCUT2D eigenvalue weighted by atomic mass is 79.9.